The third-order valence-corrected chi connectivity index (χ3v) is 5.07. The van der Waals surface area contributed by atoms with Gasteiger partial charge in [-0.3, -0.25) is 0 Å². The van der Waals surface area contributed by atoms with Gasteiger partial charge in [0.1, 0.15) is 6.04 Å². The van der Waals surface area contributed by atoms with E-state index in [1.807, 2.05) is 72.8 Å². The number of halogens is 1. The molecule has 0 radical (unpaired) electrons. The fraction of sp³-hybridized carbons (Fsp3) is 0.125. The summed E-state index contributed by atoms with van der Waals surface area (Å²) in [6.45, 7) is 0.506. The predicted molar refractivity (Wildman–Crippen MR) is 120 cm³/mol. The maximum atomic E-state index is 12.6. The molecule has 156 valence electrons. The summed E-state index contributed by atoms with van der Waals surface area (Å²) in [5, 5.41) is 14.6. The minimum atomic E-state index is -0.596. The Morgan fingerprint density at radius 1 is 0.903 bits per heavy atom. The number of urea groups is 1. The van der Waals surface area contributed by atoms with Crippen LogP contribution in [0.4, 0.5) is 4.79 Å². The third-order valence-electron chi connectivity index (χ3n) is 4.74. The molecule has 3 aromatic carbocycles. The molecule has 1 aromatic heterocycles. The first-order chi connectivity index (χ1) is 15.2. The molecule has 7 heteroatoms. The second kappa shape index (κ2) is 9.91. The predicted octanol–water partition coefficient (Wildman–Crippen LogP) is 5.02. The third kappa shape index (κ3) is 5.29. The number of nitrogens with zero attached hydrogens (tertiary/aromatic N) is 2. The number of amides is 2. The molecule has 4 rings (SSSR count). The van der Waals surface area contributed by atoms with Gasteiger partial charge in [-0.25, -0.2) is 4.79 Å². The number of benzene rings is 3. The zero-order chi connectivity index (χ0) is 21.5. The molecular formula is C24H21ClN4O2. The Balaban J connectivity index is 1.49. The summed E-state index contributed by atoms with van der Waals surface area (Å²) in [5.74, 6) is 0.576. The van der Waals surface area contributed by atoms with E-state index in [0.717, 1.165) is 17.5 Å². The first-order valence-electron chi connectivity index (χ1n) is 9.92. The zero-order valence-corrected chi connectivity index (χ0v) is 17.4. The molecule has 1 heterocycles. The molecule has 0 spiro atoms. The van der Waals surface area contributed by atoms with E-state index < -0.39 is 6.04 Å². The summed E-state index contributed by atoms with van der Waals surface area (Å²) < 4.78 is 5.89. The number of aromatic nitrogens is 2. The Kier molecular flexibility index (Phi) is 6.59. The van der Waals surface area contributed by atoms with Crippen LogP contribution in [0.15, 0.2) is 89.3 Å². The van der Waals surface area contributed by atoms with Gasteiger partial charge in [0, 0.05) is 6.54 Å². The number of hydrogen-bond donors (Lipinski definition) is 2. The molecule has 0 aliphatic heterocycles. The van der Waals surface area contributed by atoms with Crippen LogP contribution in [0.25, 0.3) is 11.5 Å². The van der Waals surface area contributed by atoms with Gasteiger partial charge >= 0.3 is 6.03 Å². The van der Waals surface area contributed by atoms with E-state index in [4.69, 9.17) is 16.0 Å². The van der Waals surface area contributed by atoms with E-state index in [1.165, 1.54) is 0 Å². The zero-order valence-electron chi connectivity index (χ0n) is 16.7. The Labute approximate surface area is 185 Å². The summed E-state index contributed by atoms with van der Waals surface area (Å²) in [5.41, 5.74) is 2.63. The van der Waals surface area contributed by atoms with Gasteiger partial charge in [0.05, 0.1) is 10.6 Å². The molecule has 0 bridgehead atoms. The van der Waals surface area contributed by atoms with Crippen molar-refractivity contribution in [2.75, 3.05) is 6.54 Å². The second-order valence-corrected chi connectivity index (χ2v) is 7.31. The standard InChI is InChI=1S/C24H21ClN4O2/c25-20-14-8-7-13-19(20)22-28-29-23(31-22)21(18-11-5-2-6-12-18)27-24(30)26-16-15-17-9-3-1-4-10-17/h1-14,21H,15-16H2,(H2,26,27,30)/t21-/m0/s1. The molecule has 2 N–H and O–H groups in total. The molecule has 6 nitrogen and oxygen atoms in total. The van der Waals surface area contributed by atoms with Crippen molar-refractivity contribution in [3.05, 3.63) is 107 Å². The van der Waals surface area contributed by atoms with Crippen LogP contribution in [0.3, 0.4) is 0 Å². The molecule has 4 aromatic rings. The van der Waals surface area contributed by atoms with Crippen LogP contribution >= 0.6 is 11.6 Å². The van der Waals surface area contributed by atoms with E-state index in [-0.39, 0.29) is 11.9 Å². The lowest BCUT2D eigenvalue weighted by Crippen LogP contribution is -2.39. The minimum Gasteiger partial charge on any atom is -0.418 e. The van der Waals surface area contributed by atoms with E-state index in [9.17, 15) is 4.79 Å². The first-order valence-corrected chi connectivity index (χ1v) is 10.3. The molecule has 0 saturated carbocycles. The fourth-order valence-electron chi connectivity index (χ4n) is 3.18. The van der Waals surface area contributed by atoms with Gasteiger partial charge in [-0.05, 0) is 29.7 Å². The van der Waals surface area contributed by atoms with E-state index in [1.54, 1.807) is 12.1 Å². The van der Waals surface area contributed by atoms with Gasteiger partial charge in [0.25, 0.3) is 0 Å². The molecular weight excluding hydrogens is 412 g/mol. The summed E-state index contributed by atoms with van der Waals surface area (Å²) in [7, 11) is 0. The highest BCUT2D eigenvalue weighted by Crippen LogP contribution is 2.29. The number of carbonyl (C=O) groups excluding carboxylic acids is 1. The average molecular weight is 433 g/mol. The number of rotatable bonds is 7. The molecule has 0 unspecified atom stereocenters. The summed E-state index contributed by atoms with van der Waals surface area (Å²) >= 11 is 6.25. The Morgan fingerprint density at radius 2 is 1.58 bits per heavy atom. The minimum absolute atomic E-state index is 0.277. The smallest absolute Gasteiger partial charge is 0.315 e. The van der Waals surface area contributed by atoms with Gasteiger partial charge in [0.2, 0.25) is 11.8 Å². The van der Waals surface area contributed by atoms with Gasteiger partial charge < -0.3 is 15.1 Å². The molecule has 0 fully saturated rings. The number of carbonyl (C=O) groups is 1. The molecule has 0 saturated heterocycles. The normalized spacial score (nSPS) is 11.6. The number of hydrogen-bond acceptors (Lipinski definition) is 4. The van der Waals surface area contributed by atoms with Gasteiger partial charge in [-0.1, -0.05) is 84.4 Å². The van der Waals surface area contributed by atoms with Crippen molar-refractivity contribution in [1.29, 1.82) is 0 Å². The van der Waals surface area contributed by atoms with Crippen LogP contribution in [0.2, 0.25) is 5.02 Å². The van der Waals surface area contributed by atoms with E-state index in [0.29, 0.717) is 23.0 Å². The summed E-state index contributed by atoms with van der Waals surface area (Å²) in [6, 6.07) is 25.8. The van der Waals surface area contributed by atoms with Crippen molar-refractivity contribution in [2.24, 2.45) is 0 Å². The SMILES string of the molecule is O=C(NCCc1ccccc1)N[C@@H](c1ccccc1)c1nnc(-c2ccccc2Cl)o1. The molecule has 31 heavy (non-hydrogen) atoms. The van der Waals surface area contributed by atoms with Crippen LogP contribution < -0.4 is 10.6 Å². The summed E-state index contributed by atoms with van der Waals surface area (Å²) in [4.78, 5) is 12.6. The lowest BCUT2D eigenvalue weighted by molar-refractivity contribution is 0.237. The van der Waals surface area contributed by atoms with Crippen LogP contribution in [-0.4, -0.2) is 22.8 Å². The van der Waals surface area contributed by atoms with Crippen molar-refractivity contribution in [2.45, 2.75) is 12.5 Å². The topological polar surface area (TPSA) is 80.0 Å². The largest absolute Gasteiger partial charge is 0.418 e. The second-order valence-electron chi connectivity index (χ2n) is 6.90. The number of nitrogens with one attached hydrogen (secondary N) is 2. The first kappa shape index (κ1) is 20.6. The summed E-state index contributed by atoms with van der Waals surface area (Å²) in [6.07, 6.45) is 0.738. The highest BCUT2D eigenvalue weighted by Gasteiger charge is 2.23. The highest BCUT2D eigenvalue weighted by molar-refractivity contribution is 6.33. The van der Waals surface area contributed by atoms with E-state index >= 15 is 0 Å². The maximum absolute atomic E-state index is 12.6. The van der Waals surface area contributed by atoms with Crippen LogP contribution in [0.1, 0.15) is 23.1 Å². The van der Waals surface area contributed by atoms with Crippen molar-refractivity contribution in [3.8, 4) is 11.5 Å². The fourth-order valence-corrected chi connectivity index (χ4v) is 3.39. The lowest BCUT2D eigenvalue weighted by Gasteiger charge is -2.16. The monoisotopic (exact) mass is 432 g/mol. The lowest BCUT2D eigenvalue weighted by atomic mass is 10.1. The Morgan fingerprint density at radius 3 is 2.32 bits per heavy atom. The van der Waals surface area contributed by atoms with Gasteiger partial charge in [-0.2, -0.15) is 0 Å². The molecule has 2 amide bonds. The van der Waals surface area contributed by atoms with Crippen LogP contribution in [0.5, 0.6) is 0 Å². The highest BCUT2D eigenvalue weighted by atomic mass is 35.5. The van der Waals surface area contributed by atoms with Gasteiger partial charge in [0.15, 0.2) is 0 Å². The maximum Gasteiger partial charge on any atom is 0.315 e. The molecule has 0 aliphatic carbocycles. The Hall–Kier alpha value is -3.64. The van der Waals surface area contributed by atoms with Gasteiger partial charge in [-0.15, -0.1) is 10.2 Å². The molecule has 0 aliphatic rings. The van der Waals surface area contributed by atoms with Crippen LogP contribution in [0, 0.1) is 0 Å². The van der Waals surface area contributed by atoms with Crippen LogP contribution in [-0.2, 0) is 6.42 Å². The molecule has 1 atom stereocenters. The van der Waals surface area contributed by atoms with Crippen molar-refractivity contribution >= 4 is 17.6 Å². The Bertz CT molecular complexity index is 1130. The van der Waals surface area contributed by atoms with Crippen molar-refractivity contribution in [1.82, 2.24) is 20.8 Å². The van der Waals surface area contributed by atoms with E-state index in [2.05, 4.69) is 20.8 Å². The van der Waals surface area contributed by atoms with Crippen molar-refractivity contribution in [3.63, 3.8) is 0 Å². The average Bonchev–Trinajstić information content (AvgIpc) is 3.29. The van der Waals surface area contributed by atoms with Crippen molar-refractivity contribution < 1.29 is 9.21 Å². The quantitative estimate of drug-likeness (QED) is 0.429.